The van der Waals surface area contributed by atoms with E-state index in [4.69, 9.17) is 21.2 Å². The van der Waals surface area contributed by atoms with Gasteiger partial charge in [-0.25, -0.2) is 4.98 Å². The fourth-order valence-electron chi connectivity index (χ4n) is 5.34. The number of pyridine rings is 1. The third-order valence-corrected chi connectivity index (χ3v) is 7.28. The number of halogens is 2. The Labute approximate surface area is 186 Å². The maximum Gasteiger partial charge on any atom is 0.387 e. The first-order valence-electron chi connectivity index (χ1n) is 11.5. The van der Waals surface area contributed by atoms with Crippen molar-refractivity contribution in [3.63, 3.8) is 0 Å². The number of nitrogens with two attached hydrogens (primary N) is 2. The Morgan fingerprint density at radius 1 is 1.28 bits per heavy atom. The summed E-state index contributed by atoms with van der Waals surface area (Å²) in [4.78, 5) is 11.3. The fraction of sp³-hybridized carbons (Fsp3) is 0.652. The third kappa shape index (κ3) is 4.73. The molecule has 1 aromatic heterocycles. The summed E-state index contributed by atoms with van der Waals surface area (Å²) in [5.74, 6) is 1.99. The first kappa shape index (κ1) is 21.6. The largest absolute Gasteiger partial charge is 0.431 e. The van der Waals surface area contributed by atoms with Gasteiger partial charge in [-0.2, -0.15) is 8.78 Å². The monoisotopic (exact) mass is 447 g/mol. The van der Waals surface area contributed by atoms with Crippen molar-refractivity contribution >= 4 is 11.5 Å². The van der Waals surface area contributed by atoms with Gasteiger partial charge >= 0.3 is 6.61 Å². The van der Waals surface area contributed by atoms with Crippen LogP contribution < -0.4 is 16.2 Å². The normalized spacial score (nSPS) is 31.1. The number of aliphatic imine (C=N–C) groups is 1. The van der Waals surface area contributed by atoms with Crippen LogP contribution in [-0.4, -0.2) is 61.1 Å². The lowest BCUT2D eigenvalue weighted by molar-refractivity contribution is -0.0495. The SMILES string of the molecule is NC(=CC(=NCC1CC1)c1cnc(N)c(OC(F)F)c1)C1[C@H]2CC(N3CCOCC3)C[C@@H]12. The van der Waals surface area contributed by atoms with E-state index in [0.717, 1.165) is 32.0 Å². The quantitative estimate of drug-likeness (QED) is 0.595. The van der Waals surface area contributed by atoms with Crippen molar-refractivity contribution in [3.8, 4) is 5.75 Å². The van der Waals surface area contributed by atoms with Gasteiger partial charge in [0, 0.05) is 49.1 Å². The lowest BCUT2D eigenvalue weighted by atomic mass is 10.0. The zero-order valence-corrected chi connectivity index (χ0v) is 18.1. The molecule has 0 aromatic carbocycles. The number of hydrogen-bond acceptors (Lipinski definition) is 7. The topological polar surface area (TPSA) is 99.0 Å². The van der Waals surface area contributed by atoms with E-state index in [9.17, 15) is 8.78 Å². The Balaban J connectivity index is 1.30. The van der Waals surface area contributed by atoms with Crippen LogP contribution in [0.25, 0.3) is 0 Å². The highest BCUT2D eigenvalue weighted by Gasteiger charge is 2.57. The number of anilines is 1. The molecule has 0 amide bonds. The van der Waals surface area contributed by atoms with Crippen LogP contribution in [0.2, 0.25) is 0 Å². The van der Waals surface area contributed by atoms with Gasteiger partial charge in [-0.05, 0) is 55.6 Å². The van der Waals surface area contributed by atoms with Gasteiger partial charge in [-0.15, -0.1) is 0 Å². The molecule has 1 aliphatic heterocycles. The number of hydrogen-bond donors (Lipinski definition) is 2. The van der Waals surface area contributed by atoms with Crippen LogP contribution in [0.1, 0.15) is 31.2 Å². The predicted molar refractivity (Wildman–Crippen MR) is 118 cm³/mol. The Hall–Kier alpha value is -2.26. The maximum absolute atomic E-state index is 12.7. The number of nitrogen functional groups attached to an aromatic ring is 1. The molecule has 32 heavy (non-hydrogen) atoms. The third-order valence-electron chi connectivity index (χ3n) is 7.28. The van der Waals surface area contributed by atoms with Crippen LogP contribution in [0, 0.1) is 23.7 Å². The van der Waals surface area contributed by atoms with E-state index in [2.05, 4.69) is 14.6 Å². The molecule has 1 saturated heterocycles. The number of morpholine rings is 1. The van der Waals surface area contributed by atoms with Crippen LogP contribution in [0.3, 0.4) is 0 Å². The second-order valence-corrected chi connectivity index (χ2v) is 9.43. The summed E-state index contributed by atoms with van der Waals surface area (Å²) < 4.78 is 35.5. The molecule has 3 aliphatic carbocycles. The molecule has 1 aromatic rings. The molecule has 0 radical (unpaired) electrons. The van der Waals surface area contributed by atoms with E-state index < -0.39 is 6.61 Å². The number of fused-ring (bicyclic) bond motifs is 1. The van der Waals surface area contributed by atoms with Crippen molar-refractivity contribution in [3.05, 3.63) is 29.6 Å². The van der Waals surface area contributed by atoms with Gasteiger partial charge < -0.3 is 20.9 Å². The van der Waals surface area contributed by atoms with Crippen molar-refractivity contribution < 1.29 is 18.3 Å². The van der Waals surface area contributed by atoms with Crippen molar-refractivity contribution in [2.24, 2.45) is 34.4 Å². The van der Waals surface area contributed by atoms with Crippen LogP contribution in [0.4, 0.5) is 14.6 Å². The summed E-state index contributed by atoms with van der Waals surface area (Å²) in [6.07, 6.45) is 8.15. The number of rotatable bonds is 8. The molecule has 0 spiro atoms. The van der Waals surface area contributed by atoms with Crippen LogP contribution in [0.5, 0.6) is 5.75 Å². The van der Waals surface area contributed by atoms with E-state index in [-0.39, 0.29) is 11.6 Å². The highest BCUT2D eigenvalue weighted by Crippen LogP contribution is 2.60. The summed E-state index contributed by atoms with van der Waals surface area (Å²) in [6, 6.07) is 2.11. The van der Waals surface area contributed by atoms with Crippen molar-refractivity contribution in [1.82, 2.24) is 9.88 Å². The number of ether oxygens (including phenoxy) is 2. The molecular weight excluding hydrogens is 416 g/mol. The van der Waals surface area contributed by atoms with E-state index in [0.29, 0.717) is 47.5 Å². The Kier molecular flexibility index (Phi) is 6.03. The van der Waals surface area contributed by atoms with E-state index in [1.54, 1.807) is 6.20 Å². The standard InChI is InChI=1S/C23H31F2N5O2/c24-23(25)32-20-7-14(12-29-22(20)27)19(28-11-13-1-2-13)10-18(26)21-16-8-15(9-17(16)21)30-3-5-31-6-4-30/h7,10,12-13,15-17,21,23H,1-6,8-9,11,26H2,(H2,27,29)/t15?,16-,17+,21?. The molecule has 2 heterocycles. The summed E-state index contributed by atoms with van der Waals surface area (Å²) in [5, 5.41) is 0. The van der Waals surface area contributed by atoms with Crippen LogP contribution >= 0.6 is 0 Å². The summed E-state index contributed by atoms with van der Waals surface area (Å²) in [5.41, 5.74) is 14.3. The first-order valence-corrected chi connectivity index (χ1v) is 11.5. The van der Waals surface area contributed by atoms with Crippen molar-refractivity contribution in [1.29, 1.82) is 0 Å². The molecular formula is C23H31F2N5O2. The molecule has 5 rings (SSSR count). The minimum Gasteiger partial charge on any atom is -0.431 e. The maximum atomic E-state index is 12.7. The zero-order valence-electron chi connectivity index (χ0n) is 18.1. The predicted octanol–water partition coefficient (Wildman–Crippen LogP) is 2.66. The van der Waals surface area contributed by atoms with Gasteiger partial charge in [0.1, 0.15) is 0 Å². The van der Waals surface area contributed by atoms with Gasteiger partial charge in [0.15, 0.2) is 11.6 Å². The Bertz CT molecular complexity index is 886. The minimum atomic E-state index is -2.97. The smallest absolute Gasteiger partial charge is 0.387 e. The fourth-order valence-corrected chi connectivity index (χ4v) is 5.34. The molecule has 0 bridgehead atoms. The lowest BCUT2D eigenvalue weighted by Gasteiger charge is -2.33. The summed E-state index contributed by atoms with van der Waals surface area (Å²) >= 11 is 0. The number of aromatic nitrogens is 1. The van der Waals surface area contributed by atoms with Gasteiger partial charge in [-0.3, -0.25) is 9.89 Å². The zero-order chi connectivity index (χ0) is 22.2. The van der Waals surface area contributed by atoms with Crippen molar-refractivity contribution in [2.75, 3.05) is 38.6 Å². The molecule has 4 N–H and O–H groups in total. The van der Waals surface area contributed by atoms with Crippen molar-refractivity contribution in [2.45, 2.75) is 38.3 Å². The molecule has 174 valence electrons. The van der Waals surface area contributed by atoms with Crippen LogP contribution in [0.15, 0.2) is 29.0 Å². The highest BCUT2D eigenvalue weighted by molar-refractivity contribution is 6.09. The second kappa shape index (κ2) is 8.94. The first-order chi connectivity index (χ1) is 15.5. The van der Waals surface area contributed by atoms with Crippen LogP contribution in [-0.2, 0) is 4.74 Å². The lowest BCUT2D eigenvalue weighted by Crippen LogP contribution is -2.43. The molecule has 4 atom stereocenters. The Morgan fingerprint density at radius 3 is 2.66 bits per heavy atom. The summed E-state index contributed by atoms with van der Waals surface area (Å²) in [7, 11) is 0. The minimum absolute atomic E-state index is 0.0709. The van der Waals surface area contributed by atoms with E-state index in [1.165, 1.54) is 31.7 Å². The molecule has 4 aliphatic rings. The van der Waals surface area contributed by atoms with E-state index in [1.807, 2.05) is 6.08 Å². The summed E-state index contributed by atoms with van der Waals surface area (Å²) in [6.45, 7) is 1.42. The molecule has 3 saturated carbocycles. The number of nitrogens with zero attached hydrogens (tertiary/aromatic N) is 3. The van der Waals surface area contributed by atoms with Gasteiger partial charge in [0.2, 0.25) is 0 Å². The molecule has 4 fully saturated rings. The number of alkyl halides is 2. The molecule has 7 nitrogen and oxygen atoms in total. The molecule has 9 heteroatoms. The second-order valence-electron chi connectivity index (χ2n) is 9.43. The Morgan fingerprint density at radius 2 is 2.00 bits per heavy atom. The van der Waals surface area contributed by atoms with Gasteiger partial charge in [-0.1, -0.05) is 0 Å². The number of allylic oxidation sites excluding steroid dienone is 2. The van der Waals surface area contributed by atoms with Gasteiger partial charge in [0.05, 0.1) is 18.9 Å². The average Bonchev–Trinajstić information content (AvgIpc) is 3.69. The average molecular weight is 448 g/mol. The van der Waals surface area contributed by atoms with E-state index >= 15 is 0 Å². The molecule has 2 unspecified atom stereocenters. The van der Waals surface area contributed by atoms with Gasteiger partial charge in [0.25, 0.3) is 0 Å². The highest BCUT2D eigenvalue weighted by atomic mass is 19.3.